The molecule has 3 rings (SSSR count). The molecule has 0 unspecified atom stereocenters. The molecule has 104 valence electrons. The molecule has 3 nitrogen and oxygen atoms in total. The van der Waals surface area contributed by atoms with Crippen LogP contribution in [-0.4, -0.2) is 11.9 Å². The molecule has 2 aromatic rings. The molecule has 0 aromatic heterocycles. The second-order valence-electron chi connectivity index (χ2n) is 4.38. The molecule has 2 aromatic carbocycles. The second-order valence-corrected chi connectivity index (χ2v) is 5.19. The average molecular weight is 318 g/mol. The van der Waals surface area contributed by atoms with Crippen LogP contribution in [-0.2, 0) is 9.53 Å². The zero-order chi connectivity index (χ0) is 14.8. The lowest BCUT2D eigenvalue weighted by Crippen LogP contribution is -2.05. The maximum Gasteiger partial charge on any atom is 0.363 e. The Morgan fingerprint density at radius 2 is 1.76 bits per heavy atom. The van der Waals surface area contributed by atoms with Crippen molar-refractivity contribution >= 4 is 41.1 Å². The van der Waals surface area contributed by atoms with Gasteiger partial charge in [0.2, 0.25) is 5.90 Å². The Hall–Kier alpha value is -2.10. The summed E-state index contributed by atoms with van der Waals surface area (Å²) >= 11 is 11.8. The van der Waals surface area contributed by atoms with Gasteiger partial charge in [0.25, 0.3) is 0 Å². The predicted octanol–water partition coefficient (Wildman–Crippen LogP) is 4.34. The molecule has 0 aliphatic carbocycles. The smallest absolute Gasteiger partial charge is 0.363 e. The van der Waals surface area contributed by atoms with E-state index in [4.69, 9.17) is 27.9 Å². The lowest BCUT2D eigenvalue weighted by atomic mass is 10.2. The minimum Gasteiger partial charge on any atom is -0.402 e. The van der Waals surface area contributed by atoms with Crippen molar-refractivity contribution < 1.29 is 9.53 Å². The molecule has 0 fully saturated rings. The number of hydrogen-bond donors (Lipinski definition) is 0. The van der Waals surface area contributed by atoms with Crippen LogP contribution in [0.25, 0.3) is 6.08 Å². The average Bonchev–Trinajstić information content (AvgIpc) is 2.84. The summed E-state index contributed by atoms with van der Waals surface area (Å²) in [6.07, 6.45) is 1.67. The molecule has 0 saturated heterocycles. The van der Waals surface area contributed by atoms with E-state index in [0.29, 0.717) is 15.6 Å². The van der Waals surface area contributed by atoms with Gasteiger partial charge in [0.05, 0.1) is 10.0 Å². The SMILES string of the molecule is O=C1OC(c2ccc(Cl)c(Cl)c2)=N/C1=C\c1ccccc1. The summed E-state index contributed by atoms with van der Waals surface area (Å²) in [6.45, 7) is 0. The van der Waals surface area contributed by atoms with E-state index in [9.17, 15) is 4.79 Å². The highest BCUT2D eigenvalue weighted by Gasteiger charge is 2.24. The molecule has 1 heterocycles. The van der Waals surface area contributed by atoms with Gasteiger partial charge in [-0.2, -0.15) is 0 Å². The van der Waals surface area contributed by atoms with E-state index in [1.807, 2.05) is 30.3 Å². The number of carbonyl (C=O) groups excluding carboxylic acids is 1. The molecule has 0 N–H and O–H groups in total. The third kappa shape index (κ3) is 2.99. The quantitative estimate of drug-likeness (QED) is 0.610. The van der Waals surface area contributed by atoms with Crippen molar-refractivity contribution in [1.29, 1.82) is 0 Å². The minimum absolute atomic E-state index is 0.223. The summed E-state index contributed by atoms with van der Waals surface area (Å²) in [4.78, 5) is 16.1. The zero-order valence-corrected chi connectivity index (χ0v) is 12.2. The van der Waals surface area contributed by atoms with Crippen molar-refractivity contribution in [3.05, 3.63) is 75.4 Å². The van der Waals surface area contributed by atoms with E-state index in [-0.39, 0.29) is 11.6 Å². The lowest BCUT2D eigenvalue weighted by Gasteiger charge is -2.01. The normalized spacial score (nSPS) is 16.0. The molecule has 0 bridgehead atoms. The molecular weight excluding hydrogens is 309 g/mol. The summed E-state index contributed by atoms with van der Waals surface area (Å²) in [7, 11) is 0. The van der Waals surface area contributed by atoms with E-state index in [1.54, 1.807) is 24.3 Å². The minimum atomic E-state index is -0.486. The summed E-state index contributed by atoms with van der Waals surface area (Å²) in [5, 5.41) is 0.818. The van der Waals surface area contributed by atoms with Gasteiger partial charge in [-0.05, 0) is 29.8 Å². The Morgan fingerprint density at radius 3 is 2.48 bits per heavy atom. The zero-order valence-electron chi connectivity index (χ0n) is 10.7. The summed E-state index contributed by atoms with van der Waals surface area (Å²) in [5.74, 6) is -0.263. The van der Waals surface area contributed by atoms with Crippen molar-refractivity contribution in [2.24, 2.45) is 4.99 Å². The standard InChI is InChI=1S/C16H9Cl2NO2/c17-12-7-6-11(9-13(12)18)15-19-14(16(20)21-15)8-10-4-2-1-3-5-10/h1-9H/b14-8-. The number of rotatable bonds is 2. The van der Waals surface area contributed by atoms with Gasteiger partial charge >= 0.3 is 5.97 Å². The van der Waals surface area contributed by atoms with E-state index in [2.05, 4.69) is 4.99 Å². The Bertz CT molecular complexity index is 767. The van der Waals surface area contributed by atoms with Gasteiger partial charge in [-0.1, -0.05) is 53.5 Å². The van der Waals surface area contributed by atoms with E-state index in [0.717, 1.165) is 5.56 Å². The van der Waals surface area contributed by atoms with E-state index < -0.39 is 5.97 Å². The maximum absolute atomic E-state index is 11.9. The summed E-state index contributed by atoms with van der Waals surface area (Å²) < 4.78 is 5.17. The highest BCUT2D eigenvalue weighted by molar-refractivity contribution is 6.42. The topological polar surface area (TPSA) is 38.7 Å². The van der Waals surface area contributed by atoms with Crippen LogP contribution >= 0.6 is 23.2 Å². The first-order chi connectivity index (χ1) is 10.1. The van der Waals surface area contributed by atoms with Gasteiger partial charge < -0.3 is 4.74 Å². The van der Waals surface area contributed by atoms with Crippen LogP contribution in [0.5, 0.6) is 0 Å². The van der Waals surface area contributed by atoms with Crippen molar-refractivity contribution in [3.63, 3.8) is 0 Å². The van der Waals surface area contributed by atoms with E-state index in [1.165, 1.54) is 0 Å². The largest absolute Gasteiger partial charge is 0.402 e. The van der Waals surface area contributed by atoms with Gasteiger partial charge in [-0.15, -0.1) is 0 Å². The van der Waals surface area contributed by atoms with Gasteiger partial charge in [0.15, 0.2) is 5.70 Å². The van der Waals surface area contributed by atoms with Crippen molar-refractivity contribution in [3.8, 4) is 0 Å². The number of cyclic esters (lactones) is 1. The molecular formula is C16H9Cl2NO2. The Labute approximate surface area is 131 Å². The number of aliphatic imine (C=N–C) groups is 1. The number of carbonyl (C=O) groups is 1. The van der Waals surface area contributed by atoms with Crippen LogP contribution in [0.1, 0.15) is 11.1 Å². The highest BCUT2D eigenvalue weighted by Crippen LogP contribution is 2.25. The Morgan fingerprint density at radius 1 is 1.00 bits per heavy atom. The first-order valence-corrected chi connectivity index (χ1v) is 6.92. The molecule has 0 amide bonds. The van der Waals surface area contributed by atoms with Gasteiger partial charge in [0, 0.05) is 5.56 Å². The molecule has 0 saturated carbocycles. The van der Waals surface area contributed by atoms with Crippen molar-refractivity contribution in [1.82, 2.24) is 0 Å². The second kappa shape index (κ2) is 5.72. The van der Waals surface area contributed by atoms with Crippen LogP contribution in [0.2, 0.25) is 10.0 Å². The van der Waals surface area contributed by atoms with Gasteiger partial charge in [-0.25, -0.2) is 9.79 Å². The highest BCUT2D eigenvalue weighted by atomic mass is 35.5. The summed E-state index contributed by atoms with van der Waals surface area (Å²) in [6, 6.07) is 14.4. The molecule has 1 aliphatic rings. The fourth-order valence-corrected chi connectivity index (χ4v) is 2.17. The third-order valence-electron chi connectivity index (χ3n) is 2.89. The number of ether oxygens (including phenoxy) is 1. The maximum atomic E-state index is 11.9. The third-order valence-corrected chi connectivity index (χ3v) is 3.63. The van der Waals surface area contributed by atoms with Crippen LogP contribution in [0.3, 0.4) is 0 Å². The fraction of sp³-hybridized carbons (Fsp3) is 0. The van der Waals surface area contributed by atoms with Crippen LogP contribution in [0.4, 0.5) is 0 Å². The van der Waals surface area contributed by atoms with Crippen LogP contribution < -0.4 is 0 Å². The van der Waals surface area contributed by atoms with Crippen molar-refractivity contribution in [2.75, 3.05) is 0 Å². The first kappa shape index (κ1) is 13.9. The molecule has 21 heavy (non-hydrogen) atoms. The molecule has 0 radical (unpaired) electrons. The Kier molecular flexibility index (Phi) is 3.78. The first-order valence-electron chi connectivity index (χ1n) is 6.16. The number of esters is 1. The number of hydrogen-bond acceptors (Lipinski definition) is 3. The number of benzene rings is 2. The van der Waals surface area contributed by atoms with Crippen LogP contribution in [0.15, 0.2) is 59.2 Å². The number of nitrogens with zero attached hydrogens (tertiary/aromatic N) is 1. The van der Waals surface area contributed by atoms with Crippen molar-refractivity contribution in [2.45, 2.75) is 0 Å². The predicted molar refractivity (Wildman–Crippen MR) is 83.5 cm³/mol. The molecule has 0 spiro atoms. The van der Waals surface area contributed by atoms with Gasteiger partial charge in [0.1, 0.15) is 0 Å². The lowest BCUT2D eigenvalue weighted by molar-refractivity contribution is -0.129. The Balaban J connectivity index is 1.95. The summed E-state index contributed by atoms with van der Waals surface area (Å²) in [5.41, 5.74) is 1.74. The van der Waals surface area contributed by atoms with E-state index >= 15 is 0 Å². The van der Waals surface area contributed by atoms with Crippen LogP contribution in [0, 0.1) is 0 Å². The van der Waals surface area contributed by atoms with Gasteiger partial charge in [-0.3, -0.25) is 0 Å². The molecule has 0 atom stereocenters. The molecule has 5 heteroatoms. The fourth-order valence-electron chi connectivity index (χ4n) is 1.87. The monoisotopic (exact) mass is 317 g/mol. The molecule has 1 aliphatic heterocycles. The number of halogens is 2.